The third-order valence-corrected chi connectivity index (χ3v) is 2.78. The zero-order chi connectivity index (χ0) is 8.60. The van der Waals surface area contributed by atoms with Crippen molar-refractivity contribution in [2.45, 2.75) is 18.4 Å². The first-order valence-electron chi connectivity index (χ1n) is 4.21. The van der Waals surface area contributed by atoms with Crippen molar-refractivity contribution in [3.63, 3.8) is 0 Å². The van der Waals surface area contributed by atoms with Crippen molar-refractivity contribution in [1.29, 1.82) is 0 Å². The maximum absolute atomic E-state index is 11.5. The Balaban J connectivity index is 2.21. The average Bonchev–Trinajstić information content (AvgIpc) is 2.60. The molecule has 68 valence electrons. The van der Waals surface area contributed by atoms with Crippen LogP contribution in [0.2, 0.25) is 0 Å². The first kappa shape index (κ1) is 8.01. The van der Waals surface area contributed by atoms with Crippen LogP contribution in [0.15, 0.2) is 0 Å². The van der Waals surface area contributed by atoms with Crippen LogP contribution in [0.25, 0.3) is 0 Å². The molecule has 0 aromatic heterocycles. The van der Waals surface area contributed by atoms with Gasteiger partial charge in [-0.25, -0.2) is 4.79 Å². The van der Waals surface area contributed by atoms with E-state index in [9.17, 15) is 4.79 Å². The largest absolute Gasteiger partial charge is 0.468 e. The molecule has 0 aromatic carbocycles. The van der Waals surface area contributed by atoms with Gasteiger partial charge in [0.25, 0.3) is 0 Å². The fourth-order valence-corrected chi connectivity index (χ4v) is 2.09. The summed E-state index contributed by atoms with van der Waals surface area (Å²) in [5.74, 6) is -0.141. The first-order valence-corrected chi connectivity index (χ1v) is 4.21. The highest BCUT2D eigenvalue weighted by Crippen LogP contribution is 2.34. The second-order valence-corrected chi connectivity index (χ2v) is 3.37. The molecular weight excluding hydrogens is 158 g/mol. The van der Waals surface area contributed by atoms with Gasteiger partial charge in [-0.3, -0.25) is 4.90 Å². The first-order chi connectivity index (χ1) is 5.79. The highest BCUT2D eigenvalue weighted by atomic mass is 16.5. The number of carbonyl (C=O) groups is 1. The van der Waals surface area contributed by atoms with Crippen LogP contribution in [0, 0.1) is 0 Å². The molecule has 0 amide bonds. The molecular formula is C8H13NO3. The van der Waals surface area contributed by atoms with Crippen LogP contribution >= 0.6 is 0 Å². The quantitative estimate of drug-likeness (QED) is 0.520. The second kappa shape index (κ2) is 2.71. The molecule has 0 aromatic rings. The molecule has 2 saturated heterocycles. The molecule has 0 saturated carbocycles. The molecule has 1 atom stereocenters. The Bertz CT molecular complexity index is 194. The van der Waals surface area contributed by atoms with E-state index in [1.165, 1.54) is 7.11 Å². The van der Waals surface area contributed by atoms with Gasteiger partial charge in [0.15, 0.2) is 0 Å². The number of hydrogen-bond acceptors (Lipinski definition) is 4. The van der Waals surface area contributed by atoms with Gasteiger partial charge in [-0.05, 0) is 12.8 Å². The van der Waals surface area contributed by atoms with Crippen LogP contribution < -0.4 is 0 Å². The molecule has 0 N–H and O–H groups in total. The van der Waals surface area contributed by atoms with Crippen molar-refractivity contribution >= 4 is 5.97 Å². The standard InChI is InChI=1S/C8H13NO3/c1-11-7(10)8-3-2-4-9(8)6-12-5-8/h2-6H2,1H3. The fraction of sp³-hybridized carbons (Fsp3) is 0.875. The smallest absolute Gasteiger partial charge is 0.328 e. The lowest BCUT2D eigenvalue weighted by molar-refractivity contribution is -0.151. The van der Waals surface area contributed by atoms with E-state index in [4.69, 9.17) is 9.47 Å². The number of esters is 1. The molecule has 0 spiro atoms. The Labute approximate surface area is 71.4 Å². The van der Waals surface area contributed by atoms with Gasteiger partial charge in [-0.15, -0.1) is 0 Å². The number of hydrogen-bond donors (Lipinski definition) is 0. The fourth-order valence-electron chi connectivity index (χ4n) is 2.09. The summed E-state index contributed by atoms with van der Waals surface area (Å²) in [5, 5.41) is 0. The molecule has 2 heterocycles. The maximum atomic E-state index is 11.5. The van der Waals surface area contributed by atoms with Gasteiger partial charge in [0.05, 0.1) is 13.7 Å². The van der Waals surface area contributed by atoms with Crippen LogP contribution in [0.5, 0.6) is 0 Å². The number of carbonyl (C=O) groups excluding carboxylic acids is 1. The lowest BCUT2D eigenvalue weighted by atomic mass is 9.99. The van der Waals surface area contributed by atoms with E-state index in [1.807, 2.05) is 0 Å². The van der Waals surface area contributed by atoms with Gasteiger partial charge in [-0.1, -0.05) is 0 Å². The SMILES string of the molecule is COC(=O)C12CCCN1COC2. The second-order valence-electron chi connectivity index (χ2n) is 3.37. The van der Waals surface area contributed by atoms with Gasteiger partial charge < -0.3 is 9.47 Å². The summed E-state index contributed by atoms with van der Waals surface area (Å²) in [7, 11) is 1.44. The lowest BCUT2D eigenvalue weighted by Gasteiger charge is -2.25. The number of ether oxygens (including phenoxy) is 2. The number of fused-ring (bicyclic) bond motifs is 1. The van der Waals surface area contributed by atoms with E-state index >= 15 is 0 Å². The normalized spacial score (nSPS) is 35.1. The van der Waals surface area contributed by atoms with Crippen molar-refractivity contribution in [3.8, 4) is 0 Å². The number of rotatable bonds is 1. The Morgan fingerprint density at radius 3 is 3.25 bits per heavy atom. The maximum Gasteiger partial charge on any atom is 0.328 e. The van der Waals surface area contributed by atoms with Crippen molar-refractivity contribution in [3.05, 3.63) is 0 Å². The van der Waals surface area contributed by atoms with E-state index in [2.05, 4.69) is 4.90 Å². The Morgan fingerprint density at radius 2 is 2.50 bits per heavy atom. The van der Waals surface area contributed by atoms with Crippen molar-refractivity contribution in [1.82, 2.24) is 4.90 Å². The lowest BCUT2D eigenvalue weighted by Crippen LogP contribution is -2.48. The third kappa shape index (κ3) is 0.881. The minimum atomic E-state index is -0.436. The molecule has 4 nitrogen and oxygen atoms in total. The topological polar surface area (TPSA) is 38.8 Å². The Hall–Kier alpha value is -0.610. The Morgan fingerprint density at radius 1 is 1.67 bits per heavy atom. The van der Waals surface area contributed by atoms with Crippen LogP contribution in [-0.2, 0) is 14.3 Å². The van der Waals surface area contributed by atoms with Gasteiger partial charge in [0.1, 0.15) is 12.3 Å². The average molecular weight is 171 g/mol. The zero-order valence-corrected chi connectivity index (χ0v) is 7.21. The van der Waals surface area contributed by atoms with Crippen LogP contribution in [0.1, 0.15) is 12.8 Å². The van der Waals surface area contributed by atoms with Crippen LogP contribution in [0.3, 0.4) is 0 Å². The molecule has 2 rings (SSSR count). The predicted octanol–water partition coefficient (Wildman–Crippen LogP) is -0.0183. The van der Waals surface area contributed by atoms with Crippen molar-refractivity contribution in [2.24, 2.45) is 0 Å². The minimum Gasteiger partial charge on any atom is -0.468 e. The van der Waals surface area contributed by atoms with Gasteiger partial charge >= 0.3 is 5.97 Å². The van der Waals surface area contributed by atoms with E-state index in [0.717, 1.165) is 19.4 Å². The third-order valence-electron chi connectivity index (χ3n) is 2.78. The zero-order valence-electron chi connectivity index (χ0n) is 7.21. The molecule has 0 aliphatic carbocycles. The van der Waals surface area contributed by atoms with Crippen LogP contribution in [0.4, 0.5) is 0 Å². The summed E-state index contributed by atoms with van der Waals surface area (Å²) in [5.41, 5.74) is -0.436. The van der Waals surface area contributed by atoms with E-state index in [1.54, 1.807) is 0 Å². The summed E-state index contributed by atoms with van der Waals surface area (Å²) >= 11 is 0. The van der Waals surface area contributed by atoms with E-state index < -0.39 is 5.54 Å². The molecule has 2 aliphatic rings. The summed E-state index contributed by atoms with van der Waals surface area (Å²) in [4.78, 5) is 13.5. The molecule has 2 aliphatic heterocycles. The highest BCUT2D eigenvalue weighted by Gasteiger charge is 2.52. The summed E-state index contributed by atoms with van der Waals surface area (Å²) in [6.07, 6.45) is 1.94. The summed E-state index contributed by atoms with van der Waals surface area (Å²) < 4.78 is 10.0. The van der Waals surface area contributed by atoms with Gasteiger partial charge in [0, 0.05) is 6.54 Å². The molecule has 12 heavy (non-hydrogen) atoms. The van der Waals surface area contributed by atoms with Gasteiger partial charge in [0.2, 0.25) is 0 Å². The predicted molar refractivity (Wildman–Crippen MR) is 41.5 cm³/mol. The van der Waals surface area contributed by atoms with E-state index in [0.29, 0.717) is 13.3 Å². The highest BCUT2D eigenvalue weighted by molar-refractivity contribution is 5.81. The van der Waals surface area contributed by atoms with Gasteiger partial charge in [-0.2, -0.15) is 0 Å². The number of nitrogens with zero attached hydrogens (tertiary/aromatic N) is 1. The molecule has 4 heteroatoms. The monoisotopic (exact) mass is 171 g/mol. The van der Waals surface area contributed by atoms with Crippen molar-refractivity contribution < 1.29 is 14.3 Å². The van der Waals surface area contributed by atoms with E-state index in [-0.39, 0.29) is 5.97 Å². The molecule has 2 fully saturated rings. The molecule has 0 bridgehead atoms. The number of methoxy groups -OCH3 is 1. The Kier molecular flexibility index (Phi) is 1.81. The molecule has 0 radical (unpaired) electrons. The van der Waals surface area contributed by atoms with Crippen LogP contribution in [-0.4, -0.2) is 43.4 Å². The summed E-state index contributed by atoms with van der Waals surface area (Å²) in [6.45, 7) is 2.03. The molecule has 1 unspecified atom stereocenters. The minimum absolute atomic E-state index is 0.141. The summed E-state index contributed by atoms with van der Waals surface area (Å²) in [6, 6.07) is 0. The van der Waals surface area contributed by atoms with Crippen molar-refractivity contribution in [2.75, 3.05) is 27.0 Å².